The second kappa shape index (κ2) is 5.70. The number of amides is 2. The molecule has 0 unspecified atom stereocenters. The maximum absolute atomic E-state index is 12.2. The molecule has 2 amide bonds. The van der Waals surface area contributed by atoms with Gasteiger partial charge in [0.1, 0.15) is 5.00 Å². The number of nitrogens with one attached hydrogen (secondary N) is 2. The number of nitrogens with two attached hydrogens (primary N) is 1. The average Bonchev–Trinajstić information content (AvgIpc) is 2.95. The van der Waals surface area contributed by atoms with E-state index in [0.29, 0.717) is 10.8 Å². The molecule has 0 aromatic carbocycles. The number of aryl methyl sites for hydroxylation is 1. The predicted octanol–water partition coefficient (Wildman–Crippen LogP) is 1.23. The fourth-order valence-electron chi connectivity index (χ4n) is 1.57. The average molecular weight is 329 g/mol. The van der Waals surface area contributed by atoms with Crippen molar-refractivity contribution in [3.8, 4) is 0 Å². The van der Waals surface area contributed by atoms with E-state index in [0.717, 1.165) is 11.3 Å². The van der Waals surface area contributed by atoms with Crippen molar-refractivity contribution in [1.29, 1.82) is 0 Å². The molecule has 10 heteroatoms. The van der Waals surface area contributed by atoms with Crippen molar-refractivity contribution < 1.29 is 9.59 Å². The highest BCUT2D eigenvalue weighted by atomic mass is 35.5. The third kappa shape index (κ3) is 2.83. The number of thiazole rings is 1. The lowest BCUT2D eigenvalue weighted by atomic mass is 10.3. The highest BCUT2D eigenvalue weighted by molar-refractivity contribution is 7.20. The number of hydrogen-bond donors (Lipinski definition) is 3. The lowest BCUT2D eigenvalue weighted by Gasteiger charge is -2.01. The van der Waals surface area contributed by atoms with Crippen LogP contribution in [0.15, 0.2) is 0 Å². The van der Waals surface area contributed by atoms with Gasteiger partial charge in [0.2, 0.25) is 0 Å². The Morgan fingerprint density at radius 1 is 1.38 bits per heavy atom. The molecule has 0 aliphatic heterocycles. The second-order valence-electron chi connectivity index (χ2n) is 4.14. The lowest BCUT2D eigenvalue weighted by molar-refractivity contribution is 0.0997. The van der Waals surface area contributed by atoms with Crippen molar-refractivity contribution in [3.63, 3.8) is 0 Å². The maximum atomic E-state index is 12.2. The number of carbonyl (C=O) groups excluding carboxylic acids is 2. The van der Waals surface area contributed by atoms with Gasteiger partial charge in [-0.3, -0.25) is 14.3 Å². The highest BCUT2D eigenvalue weighted by Gasteiger charge is 2.22. The van der Waals surface area contributed by atoms with Crippen molar-refractivity contribution >= 4 is 44.9 Å². The standard InChI is InChI=1S/C11H13ClN6O2S/c1-4-5(12)6(17-18(4)3)9(20)16-10-7(8(13)19)15-11(14-2)21-10/h1-3H3,(H2,13,19)(H,14,15)(H,16,20). The lowest BCUT2D eigenvalue weighted by Crippen LogP contribution is -2.18. The van der Waals surface area contributed by atoms with E-state index in [1.807, 2.05) is 0 Å². The zero-order chi connectivity index (χ0) is 15.7. The van der Waals surface area contributed by atoms with Gasteiger partial charge < -0.3 is 16.4 Å². The number of nitrogens with zero attached hydrogens (tertiary/aromatic N) is 3. The Morgan fingerprint density at radius 2 is 2.05 bits per heavy atom. The topological polar surface area (TPSA) is 115 Å². The van der Waals surface area contributed by atoms with Crippen molar-refractivity contribution in [2.24, 2.45) is 12.8 Å². The largest absolute Gasteiger partial charge is 0.365 e. The molecule has 112 valence electrons. The zero-order valence-electron chi connectivity index (χ0n) is 11.5. The molecule has 0 aliphatic carbocycles. The molecule has 0 spiro atoms. The van der Waals surface area contributed by atoms with E-state index in [9.17, 15) is 9.59 Å². The Kier molecular flexibility index (Phi) is 4.14. The van der Waals surface area contributed by atoms with Crippen LogP contribution in [0.1, 0.15) is 26.7 Å². The summed E-state index contributed by atoms with van der Waals surface area (Å²) in [6, 6.07) is 0. The van der Waals surface area contributed by atoms with E-state index in [1.165, 1.54) is 4.68 Å². The van der Waals surface area contributed by atoms with Gasteiger partial charge in [-0.2, -0.15) is 5.10 Å². The summed E-state index contributed by atoms with van der Waals surface area (Å²) in [6.45, 7) is 1.74. The minimum atomic E-state index is -0.730. The van der Waals surface area contributed by atoms with Crippen LogP contribution in [0, 0.1) is 6.92 Å². The summed E-state index contributed by atoms with van der Waals surface area (Å²) in [7, 11) is 3.33. The van der Waals surface area contributed by atoms with Gasteiger partial charge in [0.05, 0.1) is 10.7 Å². The Labute approximate surface area is 129 Å². The minimum absolute atomic E-state index is 0.0125. The fraction of sp³-hybridized carbons (Fsp3) is 0.273. The fourth-order valence-corrected chi connectivity index (χ4v) is 2.63. The van der Waals surface area contributed by atoms with Crippen LogP contribution >= 0.6 is 22.9 Å². The molecule has 2 aromatic rings. The van der Waals surface area contributed by atoms with Crippen molar-refractivity contribution in [2.75, 3.05) is 17.7 Å². The quantitative estimate of drug-likeness (QED) is 0.780. The summed E-state index contributed by atoms with van der Waals surface area (Å²) in [5.41, 5.74) is 5.96. The minimum Gasteiger partial charge on any atom is -0.365 e. The van der Waals surface area contributed by atoms with Crippen LogP contribution in [-0.4, -0.2) is 33.6 Å². The van der Waals surface area contributed by atoms with Crippen molar-refractivity contribution in [3.05, 3.63) is 22.1 Å². The molecule has 21 heavy (non-hydrogen) atoms. The summed E-state index contributed by atoms with van der Waals surface area (Å²) in [6.07, 6.45) is 0. The van der Waals surface area contributed by atoms with Crippen LogP contribution in [0.2, 0.25) is 5.02 Å². The van der Waals surface area contributed by atoms with E-state index in [-0.39, 0.29) is 21.4 Å². The molecule has 0 fully saturated rings. The van der Waals surface area contributed by atoms with Crippen LogP contribution in [0.25, 0.3) is 0 Å². The molecule has 2 rings (SSSR count). The first kappa shape index (κ1) is 15.3. The monoisotopic (exact) mass is 328 g/mol. The summed E-state index contributed by atoms with van der Waals surface area (Å²) < 4.78 is 1.50. The molecule has 0 bridgehead atoms. The molecule has 0 atom stereocenters. The van der Waals surface area contributed by atoms with E-state index in [4.69, 9.17) is 17.3 Å². The van der Waals surface area contributed by atoms with Gasteiger partial charge in [0.15, 0.2) is 16.5 Å². The molecule has 0 aliphatic rings. The summed E-state index contributed by atoms with van der Waals surface area (Å²) >= 11 is 7.14. The molecule has 0 saturated heterocycles. The van der Waals surface area contributed by atoms with Crippen LogP contribution < -0.4 is 16.4 Å². The highest BCUT2D eigenvalue weighted by Crippen LogP contribution is 2.29. The molecule has 4 N–H and O–H groups in total. The number of primary amides is 1. The van der Waals surface area contributed by atoms with Gasteiger partial charge in [-0.05, 0) is 6.92 Å². The summed E-state index contributed by atoms with van der Waals surface area (Å²) in [5.74, 6) is -1.26. The Morgan fingerprint density at radius 3 is 2.52 bits per heavy atom. The summed E-state index contributed by atoms with van der Waals surface area (Å²) in [5, 5.41) is 10.3. The number of halogens is 1. The van der Waals surface area contributed by atoms with Crippen LogP contribution in [-0.2, 0) is 7.05 Å². The SMILES string of the molecule is CNc1nc(C(N)=O)c(NC(=O)c2nn(C)c(C)c2Cl)s1. The van der Waals surface area contributed by atoms with Gasteiger partial charge in [-0.15, -0.1) is 0 Å². The van der Waals surface area contributed by atoms with Gasteiger partial charge in [0.25, 0.3) is 11.8 Å². The molecule has 2 heterocycles. The third-order valence-electron chi connectivity index (χ3n) is 2.78. The van der Waals surface area contributed by atoms with Gasteiger partial charge >= 0.3 is 0 Å². The number of hydrogen-bond acceptors (Lipinski definition) is 6. The first-order valence-electron chi connectivity index (χ1n) is 5.84. The number of rotatable bonds is 4. The number of anilines is 2. The van der Waals surface area contributed by atoms with Gasteiger partial charge in [-0.1, -0.05) is 22.9 Å². The van der Waals surface area contributed by atoms with Crippen molar-refractivity contribution in [1.82, 2.24) is 14.8 Å². The molecule has 0 radical (unpaired) electrons. The van der Waals surface area contributed by atoms with E-state index >= 15 is 0 Å². The van der Waals surface area contributed by atoms with Crippen LogP contribution in [0.5, 0.6) is 0 Å². The van der Waals surface area contributed by atoms with Crippen LogP contribution in [0.3, 0.4) is 0 Å². The van der Waals surface area contributed by atoms with E-state index in [1.54, 1.807) is 21.0 Å². The third-order valence-corrected chi connectivity index (χ3v) is 4.22. The number of carbonyl (C=O) groups is 2. The second-order valence-corrected chi connectivity index (χ2v) is 5.51. The first-order chi connectivity index (χ1) is 9.85. The Bertz CT molecular complexity index is 723. The van der Waals surface area contributed by atoms with Crippen LogP contribution in [0.4, 0.5) is 10.1 Å². The Balaban J connectivity index is 2.33. The molecular weight excluding hydrogens is 316 g/mol. The molecule has 0 saturated carbocycles. The molecular formula is C11H13ClN6O2S. The predicted molar refractivity (Wildman–Crippen MR) is 81.1 cm³/mol. The normalized spacial score (nSPS) is 10.5. The number of aromatic nitrogens is 3. The van der Waals surface area contributed by atoms with Gasteiger partial charge in [0, 0.05) is 14.1 Å². The Hall–Kier alpha value is -2.13. The summed E-state index contributed by atoms with van der Waals surface area (Å²) in [4.78, 5) is 27.5. The zero-order valence-corrected chi connectivity index (χ0v) is 13.1. The molecule has 2 aromatic heterocycles. The van der Waals surface area contributed by atoms with E-state index < -0.39 is 11.8 Å². The maximum Gasteiger partial charge on any atom is 0.278 e. The molecule has 8 nitrogen and oxygen atoms in total. The first-order valence-corrected chi connectivity index (χ1v) is 7.03. The van der Waals surface area contributed by atoms with Gasteiger partial charge in [-0.25, -0.2) is 4.98 Å². The van der Waals surface area contributed by atoms with E-state index in [2.05, 4.69) is 20.7 Å². The van der Waals surface area contributed by atoms with Crippen molar-refractivity contribution in [2.45, 2.75) is 6.92 Å². The smallest absolute Gasteiger partial charge is 0.278 e.